The smallest absolute Gasteiger partial charge is 0.151 e. The quantitative estimate of drug-likeness (QED) is 0.442. The number of hydrogen-bond donors (Lipinski definition) is 2. The van der Waals surface area contributed by atoms with Gasteiger partial charge >= 0.3 is 0 Å². The molecule has 2 nitrogen and oxygen atoms in total. The van der Waals surface area contributed by atoms with Crippen LogP contribution in [0.25, 0.3) is 0 Å². The summed E-state index contributed by atoms with van der Waals surface area (Å²) < 4.78 is 0. The second-order valence-electron chi connectivity index (χ2n) is 2.68. The standard InChI is InChI=1S/C8H18O2/c1-2-3-4-5-6-7-8(9)10/h8-10H,2-7H2,1H3. The summed E-state index contributed by atoms with van der Waals surface area (Å²) in [5.74, 6) is 0. The van der Waals surface area contributed by atoms with Crippen LogP contribution >= 0.6 is 0 Å². The van der Waals surface area contributed by atoms with Gasteiger partial charge in [0.15, 0.2) is 6.29 Å². The first-order valence-corrected chi connectivity index (χ1v) is 4.13. The number of aliphatic hydroxyl groups is 2. The molecule has 0 aliphatic rings. The van der Waals surface area contributed by atoms with Gasteiger partial charge in [-0.3, -0.25) is 0 Å². The molecule has 0 aromatic heterocycles. The summed E-state index contributed by atoms with van der Waals surface area (Å²) >= 11 is 0. The van der Waals surface area contributed by atoms with E-state index in [1.165, 1.54) is 19.3 Å². The number of aliphatic hydroxyl groups excluding tert-OH is 1. The third kappa shape index (κ3) is 7.92. The lowest BCUT2D eigenvalue weighted by Gasteiger charge is -2.01. The molecule has 0 saturated heterocycles. The van der Waals surface area contributed by atoms with Crippen molar-refractivity contribution in [2.24, 2.45) is 0 Å². The van der Waals surface area contributed by atoms with Crippen molar-refractivity contribution in [1.82, 2.24) is 0 Å². The van der Waals surface area contributed by atoms with Gasteiger partial charge in [-0.2, -0.15) is 0 Å². The highest BCUT2D eigenvalue weighted by atomic mass is 16.5. The molecule has 0 amide bonds. The monoisotopic (exact) mass is 146 g/mol. The van der Waals surface area contributed by atoms with E-state index < -0.39 is 6.29 Å². The first-order chi connectivity index (χ1) is 4.77. The predicted octanol–water partition coefficient (Wildman–Crippen LogP) is 1.66. The molecule has 0 aliphatic carbocycles. The zero-order chi connectivity index (χ0) is 7.82. The molecule has 0 fully saturated rings. The Morgan fingerprint density at radius 3 is 2.10 bits per heavy atom. The van der Waals surface area contributed by atoms with Crippen LogP contribution < -0.4 is 0 Å². The Morgan fingerprint density at radius 1 is 1.00 bits per heavy atom. The average Bonchev–Trinajstić information content (AvgIpc) is 1.87. The van der Waals surface area contributed by atoms with Crippen LogP contribution in [0.3, 0.4) is 0 Å². The highest BCUT2D eigenvalue weighted by molar-refractivity contribution is 4.44. The summed E-state index contributed by atoms with van der Waals surface area (Å²) in [5.41, 5.74) is 0. The minimum atomic E-state index is -1.10. The Hall–Kier alpha value is -0.0800. The van der Waals surface area contributed by atoms with Crippen LogP contribution in [-0.2, 0) is 0 Å². The highest BCUT2D eigenvalue weighted by Crippen LogP contribution is 2.05. The normalized spacial score (nSPS) is 10.8. The van der Waals surface area contributed by atoms with Crippen molar-refractivity contribution in [3.05, 3.63) is 0 Å². The Balaban J connectivity index is 2.77. The zero-order valence-corrected chi connectivity index (χ0v) is 6.71. The van der Waals surface area contributed by atoms with Crippen molar-refractivity contribution >= 4 is 0 Å². The predicted molar refractivity (Wildman–Crippen MR) is 41.6 cm³/mol. The Morgan fingerprint density at radius 2 is 1.60 bits per heavy atom. The number of rotatable bonds is 6. The van der Waals surface area contributed by atoms with Crippen LogP contribution in [0.15, 0.2) is 0 Å². The van der Waals surface area contributed by atoms with E-state index in [0.717, 1.165) is 12.8 Å². The van der Waals surface area contributed by atoms with Crippen molar-refractivity contribution in [3.63, 3.8) is 0 Å². The maximum atomic E-state index is 8.46. The minimum Gasteiger partial charge on any atom is -0.368 e. The van der Waals surface area contributed by atoms with Crippen LogP contribution in [-0.4, -0.2) is 16.5 Å². The average molecular weight is 146 g/mol. The molecule has 2 N–H and O–H groups in total. The lowest BCUT2D eigenvalue weighted by Crippen LogP contribution is -2.02. The van der Waals surface area contributed by atoms with Gasteiger partial charge < -0.3 is 10.2 Å². The van der Waals surface area contributed by atoms with Gasteiger partial charge in [0.1, 0.15) is 0 Å². The largest absolute Gasteiger partial charge is 0.368 e. The van der Waals surface area contributed by atoms with Crippen LogP contribution in [0.1, 0.15) is 45.4 Å². The summed E-state index contributed by atoms with van der Waals surface area (Å²) in [4.78, 5) is 0. The van der Waals surface area contributed by atoms with Gasteiger partial charge in [-0.05, 0) is 12.8 Å². The molecule has 62 valence electrons. The molecule has 0 radical (unpaired) electrons. The summed E-state index contributed by atoms with van der Waals surface area (Å²) in [5, 5.41) is 16.9. The Kier molecular flexibility index (Phi) is 6.98. The fourth-order valence-electron chi connectivity index (χ4n) is 0.930. The third-order valence-corrected chi connectivity index (χ3v) is 1.57. The molecule has 0 aromatic carbocycles. The van der Waals surface area contributed by atoms with Crippen molar-refractivity contribution < 1.29 is 10.2 Å². The van der Waals surface area contributed by atoms with Gasteiger partial charge in [-0.15, -0.1) is 0 Å². The van der Waals surface area contributed by atoms with Gasteiger partial charge in [0, 0.05) is 0 Å². The molecule has 0 spiro atoms. The van der Waals surface area contributed by atoms with E-state index in [0.29, 0.717) is 6.42 Å². The summed E-state index contributed by atoms with van der Waals surface area (Å²) in [6, 6.07) is 0. The lowest BCUT2D eigenvalue weighted by molar-refractivity contribution is -0.0465. The van der Waals surface area contributed by atoms with Crippen LogP contribution in [0, 0.1) is 0 Å². The van der Waals surface area contributed by atoms with Gasteiger partial charge in [-0.1, -0.05) is 32.6 Å². The van der Waals surface area contributed by atoms with E-state index in [1.54, 1.807) is 0 Å². The minimum absolute atomic E-state index is 0.531. The van der Waals surface area contributed by atoms with Crippen LogP contribution in [0.5, 0.6) is 0 Å². The molecular weight excluding hydrogens is 128 g/mol. The van der Waals surface area contributed by atoms with Crippen LogP contribution in [0.4, 0.5) is 0 Å². The first-order valence-electron chi connectivity index (χ1n) is 4.13. The Bertz CT molecular complexity index is 62.3. The summed E-state index contributed by atoms with van der Waals surface area (Å²) in [6.45, 7) is 2.17. The van der Waals surface area contributed by atoms with Crippen molar-refractivity contribution in [1.29, 1.82) is 0 Å². The van der Waals surface area contributed by atoms with E-state index in [-0.39, 0.29) is 0 Å². The molecular formula is C8H18O2. The number of unbranched alkanes of at least 4 members (excludes halogenated alkanes) is 4. The molecule has 0 aliphatic heterocycles. The maximum absolute atomic E-state index is 8.46. The first kappa shape index (κ1) is 9.92. The van der Waals surface area contributed by atoms with Gasteiger partial charge in [0.25, 0.3) is 0 Å². The Labute approximate surface area is 62.9 Å². The molecule has 10 heavy (non-hydrogen) atoms. The van der Waals surface area contributed by atoms with E-state index in [9.17, 15) is 0 Å². The maximum Gasteiger partial charge on any atom is 0.151 e. The van der Waals surface area contributed by atoms with E-state index >= 15 is 0 Å². The fraction of sp³-hybridized carbons (Fsp3) is 1.00. The van der Waals surface area contributed by atoms with Crippen molar-refractivity contribution in [2.45, 2.75) is 51.7 Å². The van der Waals surface area contributed by atoms with Gasteiger partial charge in [0.05, 0.1) is 0 Å². The highest BCUT2D eigenvalue weighted by Gasteiger charge is 1.95. The second-order valence-corrected chi connectivity index (χ2v) is 2.68. The van der Waals surface area contributed by atoms with Gasteiger partial charge in [-0.25, -0.2) is 0 Å². The summed E-state index contributed by atoms with van der Waals surface area (Å²) in [6.07, 6.45) is 5.24. The SMILES string of the molecule is CCCCCCCC(O)O. The van der Waals surface area contributed by atoms with Crippen molar-refractivity contribution in [3.8, 4) is 0 Å². The molecule has 0 bridgehead atoms. The zero-order valence-electron chi connectivity index (χ0n) is 6.71. The second kappa shape index (κ2) is 7.03. The molecule has 0 aromatic rings. The molecule has 0 heterocycles. The molecule has 0 unspecified atom stereocenters. The third-order valence-electron chi connectivity index (χ3n) is 1.57. The van der Waals surface area contributed by atoms with E-state index in [2.05, 4.69) is 6.92 Å². The van der Waals surface area contributed by atoms with E-state index in [1.807, 2.05) is 0 Å². The molecule has 0 rings (SSSR count). The van der Waals surface area contributed by atoms with E-state index in [4.69, 9.17) is 10.2 Å². The topological polar surface area (TPSA) is 40.5 Å². The fourth-order valence-corrected chi connectivity index (χ4v) is 0.930. The van der Waals surface area contributed by atoms with Crippen LogP contribution in [0.2, 0.25) is 0 Å². The van der Waals surface area contributed by atoms with Crippen molar-refractivity contribution in [2.75, 3.05) is 0 Å². The van der Waals surface area contributed by atoms with Gasteiger partial charge in [0.2, 0.25) is 0 Å². The lowest BCUT2D eigenvalue weighted by atomic mass is 10.1. The molecule has 0 saturated carbocycles. The molecule has 2 heteroatoms. The molecule has 0 atom stereocenters. The number of hydrogen-bond acceptors (Lipinski definition) is 2. The summed E-state index contributed by atoms with van der Waals surface area (Å²) in [7, 11) is 0.